The third kappa shape index (κ3) is 1.45. The van der Waals surface area contributed by atoms with Crippen LogP contribution in [0.2, 0.25) is 0 Å². The molecule has 0 aliphatic heterocycles. The fraction of sp³-hybridized carbons (Fsp3) is 0.100. The predicted octanol–water partition coefficient (Wildman–Crippen LogP) is 2.42. The number of benzene rings is 1. The predicted molar refractivity (Wildman–Crippen MR) is 51.2 cm³/mol. The fourth-order valence-electron chi connectivity index (χ4n) is 1.24. The van der Waals surface area contributed by atoms with Gasteiger partial charge in [-0.05, 0) is 30.3 Å². The summed E-state index contributed by atoms with van der Waals surface area (Å²) in [5.41, 5.74) is 0.799. The highest BCUT2D eigenvalue weighted by Gasteiger charge is 1.97. The number of hydrogen-bond donors (Lipinski definition) is 1. The van der Waals surface area contributed by atoms with Gasteiger partial charge in [-0.1, -0.05) is 0 Å². The van der Waals surface area contributed by atoms with Gasteiger partial charge in [0, 0.05) is 12.4 Å². The number of fused-ring (bicyclic) bond motifs is 1. The van der Waals surface area contributed by atoms with E-state index in [1.165, 1.54) is 12.1 Å². The minimum Gasteiger partial charge on any atom is -0.373 e. The molecule has 0 spiro atoms. The summed E-state index contributed by atoms with van der Waals surface area (Å²) in [5, 5.41) is 3.75. The van der Waals surface area contributed by atoms with E-state index in [0.717, 1.165) is 16.7 Å². The molecule has 1 aromatic carbocycles. The first kappa shape index (κ1) is 7.98. The quantitative estimate of drug-likeness (QED) is 0.721. The average Bonchev–Trinajstić information content (AvgIpc) is 2.17. The van der Waals surface area contributed by atoms with Crippen LogP contribution in [0.25, 0.3) is 10.9 Å². The molecular formula is C10H9FN2. The number of nitrogens with one attached hydrogen (secondary N) is 1. The van der Waals surface area contributed by atoms with Crippen LogP contribution in [0.1, 0.15) is 0 Å². The molecule has 2 aromatic rings. The summed E-state index contributed by atoms with van der Waals surface area (Å²) in [6.45, 7) is 0. The lowest BCUT2D eigenvalue weighted by Gasteiger charge is -2.01. The van der Waals surface area contributed by atoms with E-state index in [2.05, 4.69) is 10.3 Å². The monoisotopic (exact) mass is 176 g/mol. The largest absolute Gasteiger partial charge is 0.373 e. The van der Waals surface area contributed by atoms with Gasteiger partial charge in [0.2, 0.25) is 0 Å². The van der Waals surface area contributed by atoms with Gasteiger partial charge < -0.3 is 5.32 Å². The molecule has 0 aliphatic rings. The van der Waals surface area contributed by atoms with Crippen LogP contribution in [-0.4, -0.2) is 12.0 Å². The molecule has 0 saturated carbocycles. The normalized spacial score (nSPS) is 10.3. The molecule has 0 atom stereocenters. The number of halogens is 1. The molecule has 13 heavy (non-hydrogen) atoms. The van der Waals surface area contributed by atoms with Crippen LogP contribution in [0.5, 0.6) is 0 Å². The lowest BCUT2D eigenvalue weighted by Crippen LogP contribution is -1.91. The van der Waals surface area contributed by atoms with Gasteiger partial charge in [0.1, 0.15) is 11.6 Å². The Bertz CT molecular complexity index is 440. The molecule has 3 heteroatoms. The van der Waals surface area contributed by atoms with Gasteiger partial charge >= 0.3 is 0 Å². The molecule has 66 valence electrons. The van der Waals surface area contributed by atoms with E-state index in [4.69, 9.17) is 0 Å². The molecule has 0 unspecified atom stereocenters. The molecule has 0 saturated heterocycles. The number of nitrogens with zero attached hydrogens (tertiary/aromatic N) is 1. The number of hydrogen-bond acceptors (Lipinski definition) is 2. The van der Waals surface area contributed by atoms with Crippen molar-refractivity contribution in [1.29, 1.82) is 0 Å². The summed E-state index contributed by atoms with van der Waals surface area (Å²) in [4.78, 5) is 4.26. The SMILES string of the molecule is CNc1ccc2cc(F)ccc2n1. The van der Waals surface area contributed by atoms with Gasteiger partial charge in [-0.15, -0.1) is 0 Å². The molecule has 1 N–H and O–H groups in total. The van der Waals surface area contributed by atoms with Crippen LogP contribution < -0.4 is 5.32 Å². The number of anilines is 1. The first-order valence-electron chi connectivity index (χ1n) is 4.03. The van der Waals surface area contributed by atoms with E-state index < -0.39 is 0 Å². The van der Waals surface area contributed by atoms with Crippen LogP contribution in [0.3, 0.4) is 0 Å². The topological polar surface area (TPSA) is 24.9 Å². The minimum absolute atomic E-state index is 0.230. The Balaban J connectivity index is 2.66. The van der Waals surface area contributed by atoms with Crippen LogP contribution in [0.4, 0.5) is 10.2 Å². The van der Waals surface area contributed by atoms with Gasteiger partial charge in [0.05, 0.1) is 5.52 Å². The number of pyridine rings is 1. The Hall–Kier alpha value is -1.64. The third-order valence-electron chi connectivity index (χ3n) is 1.91. The number of aromatic nitrogens is 1. The Morgan fingerprint density at radius 1 is 1.23 bits per heavy atom. The van der Waals surface area contributed by atoms with Crippen LogP contribution in [0.15, 0.2) is 30.3 Å². The van der Waals surface area contributed by atoms with Crippen molar-refractivity contribution in [2.45, 2.75) is 0 Å². The zero-order valence-electron chi connectivity index (χ0n) is 7.21. The van der Waals surface area contributed by atoms with Crippen LogP contribution in [-0.2, 0) is 0 Å². The highest BCUT2D eigenvalue weighted by molar-refractivity contribution is 5.80. The van der Waals surface area contributed by atoms with E-state index in [1.54, 1.807) is 13.1 Å². The van der Waals surface area contributed by atoms with Crippen molar-refractivity contribution >= 4 is 16.7 Å². The van der Waals surface area contributed by atoms with Gasteiger partial charge in [-0.2, -0.15) is 0 Å². The summed E-state index contributed by atoms with van der Waals surface area (Å²) in [6.07, 6.45) is 0. The summed E-state index contributed by atoms with van der Waals surface area (Å²) >= 11 is 0. The van der Waals surface area contributed by atoms with Crippen molar-refractivity contribution in [3.8, 4) is 0 Å². The van der Waals surface area contributed by atoms with Crippen molar-refractivity contribution in [2.75, 3.05) is 12.4 Å². The first-order valence-corrected chi connectivity index (χ1v) is 4.03. The Morgan fingerprint density at radius 2 is 2.08 bits per heavy atom. The second-order valence-electron chi connectivity index (χ2n) is 2.78. The smallest absolute Gasteiger partial charge is 0.126 e. The molecule has 0 amide bonds. The van der Waals surface area contributed by atoms with Crippen molar-refractivity contribution in [3.05, 3.63) is 36.1 Å². The van der Waals surface area contributed by atoms with Crippen molar-refractivity contribution in [3.63, 3.8) is 0 Å². The molecule has 1 aromatic heterocycles. The maximum atomic E-state index is 12.8. The zero-order valence-corrected chi connectivity index (χ0v) is 7.21. The van der Waals surface area contributed by atoms with Crippen molar-refractivity contribution < 1.29 is 4.39 Å². The summed E-state index contributed by atoms with van der Waals surface area (Å²) < 4.78 is 12.8. The fourth-order valence-corrected chi connectivity index (χ4v) is 1.24. The highest BCUT2D eigenvalue weighted by atomic mass is 19.1. The van der Waals surface area contributed by atoms with Crippen molar-refractivity contribution in [2.24, 2.45) is 0 Å². The van der Waals surface area contributed by atoms with E-state index in [-0.39, 0.29) is 5.82 Å². The highest BCUT2D eigenvalue weighted by Crippen LogP contribution is 2.15. The van der Waals surface area contributed by atoms with Crippen LogP contribution in [0, 0.1) is 5.82 Å². The third-order valence-corrected chi connectivity index (χ3v) is 1.91. The first-order chi connectivity index (χ1) is 6.29. The molecule has 2 rings (SSSR count). The second-order valence-corrected chi connectivity index (χ2v) is 2.78. The van der Waals surface area contributed by atoms with Gasteiger partial charge in [-0.3, -0.25) is 0 Å². The van der Waals surface area contributed by atoms with E-state index >= 15 is 0 Å². The van der Waals surface area contributed by atoms with Crippen LogP contribution >= 0.6 is 0 Å². The molecular weight excluding hydrogens is 167 g/mol. The summed E-state index contributed by atoms with van der Waals surface area (Å²) in [5.74, 6) is 0.561. The van der Waals surface area contributed by atoms with E-state index in [1.807, 2.05) is 12.1 Å². The van der Waals surface area contributed by atoms with E-state index in [0.29, 0.717) is 0 Å². The van der Waals surface area contributed by atoms with Gasteiger partial charge in [-0.25, -0.2) is 9.37 Å². The van der Waals surface area contributed by atoms with Crippen molar-refractivity contribution in [1.82, 2.24) is 4.98 Å². The van der Waals surface area contributed by atoms with Gasteiger partial charge in [0.25, 0.3) is 0 Å². The van der Waals surface area contributed by atoms with Gasteiger partial charge in [0.15, 0.2) is 0 Å². The Kier molecular flexibility index (Phi) is 1.85. The lowest BCUT2D eigenvalue weighted by molar-refractivity contribution is 0.629. The summed E-state index contributed by atoms with van der Waals surface area (Å²) in [7, 11) is 1.80. The standard InChI is InChI=1S/C10H9FN2/c1-12-10-5-2-7-6-8(11)3-4-9(7)13-10/h2-6H,1H3,(H,12,13). The maximum absolute atomic E-state index is 12.8. The molecule has 0 aliphatic carbocycles. The molecule has 0 bridgehead atoms. The number of rotatable bonds is 1. The lowest BCUT2D eigenvalue weighted by atomic mass is 10.2. The zero-order chi connectivity index (χ0) is 9.26. The second kappa shape index (κ2) is 3.01. The Labute approximate surface area is 75.4 Å². The molecule has 2 nitrogen and oxygen atoms in total. The molecule has 1 heterocycles. The molecule has 0 fully saturated rings. The molecule has 0 radical (unpaired) electrons. The minimum atomic E-state index is -0.230. The maximum Gasteiger partial charge on any atom is 0.126 e. The summed E-state index contributed by atoms with van der Waals surface area (Å²) in [6, 6.07) is 8.22. The van der Waals surface area contributed by atoms with E-state index in [9.17, 15) is 4.39 Å². The average molecular weight is 176 g/mol. The Morgan fingerprint density at radius 3 is 2.85 bits per heavy atom.